The van der Waals surface area contributed by atoms with E-state index in [1.165, 1.54) is 0 Å². The quantitative estimate of drug-likeness (QED) is 0.368. The van der Waals surface area contributed by atoms with Crippen LogP contribution in [-0.2, 0) is 14.4 Å². The number of amides is 2. The number of hydrogen-bond acceptors (Lipinski definition) is 10. The Morgan fingerprint density at radius 3 is 2.25 bits per heavy atom. The standard InChI is InChI=1S/C39H44N4O8/c1-39(2)20-26-34(28(44)21-39)35(24-14-15-31(47-3)37(49-5)36(24)48-4)43(27-11-7-6-10-25(27)40-26)22-33(45)41-16-18-42(19-17-41)38(46)32-23-50-29-12-8-9-13-30(29)51-32/h6-15,32,35,40H,16-23H2,1-5H3. The third kappa shape index (κ3) is 6.39. The van der Waals surface area contributed by atoms with Gasteiger partial charge in [0.25, 0.3) is 5.91 Å². The van der Waals surface area contributed by atoms with Gasteiger partial charge in [0.15, 0.2) is 28.8 Å². The smallest absolute Gasteiger partial charge is 0.267 e. The van der Waals surface area contributed by atoms with Crippen molar-refractivity contribution in [1.82, 2.24) is 9.80 Å². The first-order chi connectivity index (χ1) is 24.6. The van der Waals surface area contributed by atoms with Gasteiger partial charge in [-0.1, -0.05) is 38.1 Å². The van der Waals surface area contributed by atoms with Crippen molar-refractivity contribution in [3.8, 4) is 28.7 Å². The molecular formula is C39H44N4O8. The topological polar surface area (TPSA) is 119 Å². The predicted molar refractivity (Wildman–Crippen MR) is 191 cm³/mol. The third-order valence-electron chi connectivity index (χ3n) is 10.1. The number of fused-ring (bicyclic) bond motifs is 2. The van der Waals surface area contributed by atoms with E-state index in [2.05, 4.69) is 19.2 Å². The first-order valence-electron chi connectivity index (χ1n) is 17.2. The summed E-state index contributed by atoms with van der Waals surface area (Å²) < 4.78 is 29.1. The summed E-state index contributed by atoms with van der Waals surface area (Å²) in [6.45, 7) is 5.72. The van der Waals surface area contributed by atoms with E-state index in [0.717, 1.165) is 17.1 Å². The van der Waals surface area contributed by atoms with Crippen molar-refractivity contribution < 1.29 is 38.1 Å². The maximum absolute atomic E-state index is 14.3. The van der Waals surface area contributed by atoms with Gasteiger partial charge in [-0.25, -0.2) is 0 Å². The number of carbonyl (C=O) groups excluding carboxylic acids is 3. The molecular weight excluding hydrogens is 652 g/mol. The zero-order valence-electron chi connectivity index (χ0n) is 29.7. The average Bonchev–Trinajstić information content (AvgIpc) is 3.27. The second kappa shape index (κ2) is 13.7. The fourth-order valence-corrected chi connectivity index (χ4v) is 7.66. The zero-order chi connectivity index (χ0) is 35.9. The summed E-state index contributed by atoms with van der Waals surface area (Å²) >= 11 is 0. The molecule has 2 amide bonds. The minimum absolute atomic E-state index is 0.00417. The molecule has 1 fully saturated rings. The van der Waals surface area contributed by atoms with Gasteiger partial charge in [-0.2, -0.15) is 0 Å². The number of ether oxygens (including phenoxy) is 5. The van der Waals surface area contributed by atoms with Gasteiger partial charge in [0.1, 0.15) is 6.61 Å². The van der Waals surface area contributed by atoms with E-state index < -0.39 is 12.1 Å². The average molecular weight is 697 g/mol. The summed E-state index contributed by atoms with van der Waals surface area (Å²) in [5.74, 6) is 2.19. The molecule has 268 valence electrons. The molecule has 0 radical (unpaired) electrons. The van der Waals surface area contributed by atoms with Crippen molar-refractivity contribution >= 4 is 29.0 Å². The fraction of sp³-hybridized carbons (Fsp3) is 0.410. The fourth-order valence-electron chi connectivity index (χ4n) is 7.66. The van der Waals surface area contributed by atoms with Gasteiger partial charge < -0.3 is 43.7 Å². The Bertz CT molecular complexity index is 1880. The molecule has 0 aromatic heterocycles. The van der Waals surface area contributed by atoms with Crippen molar-refractivity contribution in [2.75, 3.05) is 70.9 Å². The number of ketones is 1. The van der Waals surface area contributed by atoms with Gasteiger partial charge >= 0.3 is 0 Å². The van der Waals surface area contributed by atoms with Crippen LogP contribution in [0, 0.1) is 5.41 Å². The normalized spacial score (nSPS) is 20.8. The zero-order valence-corrected chi connectivity index (χ0v) is 29.7. The van der Waals surface area contributed by atoms with E-state index in [4.69, 9.17) is 23.7 Å². The Balaban J connectivity index is 1.20. The number of carbonyl (C=O) groups is 3. The van der Waals surface area contributed by atoms with Crippen LogP contribution >= 0.6 is 0 Å². The molecule has 2 unspecified atom stereocenters. The summed E-state index contributed by atoms with van der Waals surface area (Å²) in [7, 11) is 4.67. The van der Waals surface area contributed by atoms with Crippen molar-refractivity contribution in [3.05, 3.63) is 77.5 Å². The predicted octanol–water partition coefficient (Wildman–Crippen LogP) is 4.84. The summed E-state index contributed by atoms with van der Waals surface area (Å²) in [4.78, 5) is 47.5. The van der Waals surface area contributed by atoms with Crippen LogP contribution in [0.15, 0.2) is 71.9 Å². The summed E-state index contributed by atoms with van der Waals surface area (Å²) in [6, 6.07) is 18.1. The SMILES string of the molecule is COc1ccc(C2C3=C(CC(C)(C)CC3=O)Nc3ccccc3N2CC(=O)N2CCN(C(=O)C3COc4ccccc4O3)CC2)c(OC)c1OC. The second-order valence-electron chi connectivity index (χ2n) is 14.0. The highest BCUT2D eigenvalue weighted by Gasteiger charge is 2.44. The lowest BCUT2D eigenvalue weighted by Gasteiger charge is -2.40. The Morgan fingerprint density at radius 1 is 0.843 bits per heavy atom. The number of rotatable bonds is 7. The molecule has 3 aromatic carbocycles. The van der Waals surface area contributed by atoms with Gasteiger partial charge in [0, 0.05) is 49.4 Å². The molecule has 0 saturated carbocycles. The number of nitrogens with zero attached hydrogens (tertiary/aromatic N) is 3. The molecule has 3 heterocycles. The molecule has 51 heavy (non-hydrogen) atoms. The highest BCUT2D eigenvalue weighted by molar-refractivity contribution is 6.02. The van der Waals surface area contributed by atoms with Gasteiger partial charge in [0.05, 0.1) is 45.3 Å². The molecule has 12 nitrogen and oxygen atoms in total. The van der Waals surface area contributed by atoms with Gasteiger partial charge in [-0.3, -0.25) is 14.4 Å². The molecule has 4 aliphatic rings. The number of benzene rings is 3. The Hall–Kier alpha value is -5.39. The summed E-state index contributed by atoms with van der Waals surface area (Å²) in [6.07, 6.45) is 0.254. The molecule has 3 aliphatic heterocycles. The molecule has 0 bridgehead atoms. The van der Waals surface area contributed by atoms with Crippen LogP contribution in [0.25, 0.3) is 0 Å². The first-order valence-corrected chi connectivity index (χ1v) is 17.2. The Labute approximate surface area is 297 Å². The van der Waals surface area contributed by atoms with Crippen LogP contribution in [-0.4, -0.2) is 94.2 Å². The minimum atomic E-state index is -0.749. The minimum Gasteiger partial charge on any atom is -0.493 e. The number of anilines is 2. The molecule has 1 N–H and O–H groups in total. The van der Waals surface area contributed by atoms with Crippen molar-refractivity contribution in [2.45, 2.75) is 38.8 Å². The van der Waals surface area contributed by atoms with Crippen molar-refractivity contribution in [3.63, 3.8) is 0 Å². The highest BCUT2D eigenvalue weighted by atomic mass is 16.6. The molecule has 2 atom stereocenters. The molecule has 7 rings (SSSR count). The van der Waals surface area contributed by atoms with E-state index >= 15 is 0 Å². The number of allylic oxidation sites excluding steroid dienone is 1. The van der Waals surface area contributed by atoms with Crippen LogP contribution in [0.5, 0.6) is 28.7 Å². The number of para-hydroxylation sites is 4. The van der Waals surface area contributed by atoms with Crippen LogP contribution in [0.1, 0.15) is 38.3 Å². The molecule has 1 aliphatic carbocycles. The van der Waals surface area contributed by atoms with E-state index in [0.29, 0.717) is 78.9 Å². The number of Topliss-reactive ketones (excluding diaryl/α,β-unsaturated/α-hetero) is 1. The first kappa shape index (κ1) is 34.1. The maximum atomic E-state index is 14.3. The van der Waals surface area contributed by atoms with Crippen LogP contribution in [0.2, 0.25) is 0 Å². The van der Waals surface area contributed by atoms with E-state index in [9.17, 15) is 14.4 Å². The third-order valence-corrected chi connectivity index (χ3v) is 10.1. The number of hydrogen-bond donors (Lipinski definition) is 1. The lowest BCUT2D eigenvalue weighted by Crippen LogP contribution is -2.56. The van der Waals surface area contributed by atoms with E-state index in [1.807, 2.05) is 53.4 Å². The monoisotopic (exact) mass is 696 g/mol. The Kier molecular flexibility index (Phi) is 9.17. The lowest BCUT2D eigenvalue weighted by molar-refractivity contribution is -0.145. The number of nitrogens with one attached hydrogen (secondary N) is 1. The number of methoxy groups -OCH3 is 3. The van der Waals surface area contributed by atoms with Gasteiger partial charge in [0.2, 0.25) is 17.8 Å². The molecule has 12 heteroatoms. The van der Waals surface area contributed by atoms with Crippen LogP contribution < -0.4 is 33.9 Å². The summed E-state index contributed by atoms with van der Waals surface area (Å²) in [5.41, 5.74) is 3.41. The van der Waals surface area contributed by atoms with Crippen molar-refractivity contribution in [2.24, 2.45) is 5.41 Å². The second-order valence-corrected chi connectivity index (χ2v) is 14.0. The Morgan fingerprint density at radius 2 is 1.53 bits per heavy atom. The van der Waals surface area contributed by atoms with Gasteiger partial charge in [-0.15, -0.1) is 0 Å². The molecule has 0 spiro atoms. The maximum Gasteiger partial charge on any atom is 0.267 e. The molecule has 3 aromatic rings. The summed E-state index contributed by atoms with van der Waals surface area (Å²) in [5, 5.41) is 3.60. The largest absolute Gasteiger partial charge is 0.493 e. The van der Waals surface area contributed by atoms with E-state index in [1.54, 1.807) is 43.3 Å². The van der Waals surface area contributed by atoms with Crippen LogP contribution in [0.4, 0.5) is 11.4 Å². The van der Waals surface area contributed by atoms with Crippen LogP contribution in [0.3, 0.4) is 0 Å². The van der Waals surface area contributed by atoms with Crippen molar-refractivity contribution in [1.29, 1.82) is 0 Å². The lowest BCUT2D eigenvalue weighted by atomic mass is 9.73. The number of piperazine rings is 1. The molecule has 1 saturated heterocycles. The highest BCUT2D eigenvalue weighted by Crippen LogP contribution is 2.52. The van der Waals surface area contributed by atoms with E-state index in [-0.39, 0.29) is 36.2 Å². The van der Waals surface area contributed by atoms with Gasteiger partial charge in [-0.05, 0) is 48.2 Å².